The zero-order chi connectivity index (χ0) is 16.4. The lowest BCUT2D eigenvalue weighted by Crippen LogP contribution is -2.48. The average molecular weight is 317 g/mol. The Morgan fingerprint density at radius 3 is 2.50 bits per heavy atom. The second-order valence-electron chi connectivity index (χ2n) is 7.72. The molecule has 0 aromatic heterocycles. The molecule has 2 bridgehead atoms. The highest BCUT2D eigenvalue weighted by Crippen LogP contribution is 2.63. The summed E-state index contributed by atoms with van der Waals surface area (Å²) in [6.07, 6.45) is -0.543. The molecule has 3 rings (SSSR count). The molecule has 0 spiro atoms. The van der Waals surface area contributed by atoms with Crippen LogP contribution >= 0.6 is 0 Å². The third-order valence-electron chi connectivity index (χ3n) is 5.19. The molecular weight excluding hydrogens is 296 g/mol. The number of carboxylic acid groups (broad SMARTS) is 1. The molecule has 7 heteroatoms. The maximum atomic E-state index is 14.0. The molecule has 0 aromatic rings. The molecule has 3 fully saturated rings. The predicted molar refractivity (Wildman–Crippen MR) is 72.5 cm³/mol. The van der Waals surface area contributed by atoms with Crippen LogP contribution in [-0.4, -0.2) is 46.2 Å². The van der Waals surface area contributed by atoms with Gasteiger partial charge in [-0.3, -0.25) is 4.90 Å². The number of hydrogen-bond acceptors (Lipinski definition) is 3. The largest absolute Gasteiger partial charge is 0.480 e. The SMILES string of the molecule is CC(C)(C)OC(=O)N1C[C@@H]2[C@H]3C[C@@H]([C@@H]2[C@H]1C(=O)O)C(F)(F)C3. The summed E-state index contributed by atoms with van der Waals surface area (Å²) in [4.78, 5) is 25.0. The summed E-state index contributed by atoms with van der Waals surface area (Å²) in [6, 6.07) is -1.21. The van der Waals surface area contributed by atoms with Gasteiger partial charge in [0, 0.05) is 24.8 Å². The van der Waals surface area contributed by atoms with Crippen LogP contribution < -0.4 is 0 Å². The second-order valence-corrected chi connectivity index (χ2v) is 7.72. The molecular formula is C15H21F2NO4. The highest BCUT2D eigenvalue weighted by Gasteiger charge is 2.68. The third-order valence-corrected chi connectivity index (χ3v) is 5.19. The minimum Gasteiger partial charge on any atom is -0.480 e. The number of ether oxygens (including phenoxy) is 1. The van der Waals surface area contributed by atoms with Gasteiger partial charge in [-0.05, 0) is 39.0 Å². The Morgan fingerprint density at radius 2 is 1.95 bits per heavy atom. The summed E-state index contributed by atoms with van der Waals surface area (Å²) >= 11 is 0. The van der Waals surface area contributed by atoms with Crippen molar-refractivity contribution in [3.8, 4) is 0 Å². The molecule has 1 N–H and O–H groups in total. The van der Waals surface area contributed by atoms with Crippen molar-refractivity contribution in [2.45, 2.75) is 51.2 Å². The molecule has 0 radical (unpaired) electrons. The average Bonchev–Trinajstić information content (AvgIpc) is 2.91. The van der Waals surface area contributed by atoms with Gasteiger partial charge >= 0.3 is 12.1 Å². The van der Waals surface area contributed by atoms with Crippen molar-refractivity contribution >= 4 is 12.1 Å². The maximum absolute atomic E-state index is 14.0. The molecule has 0 unspecified atom stereocenters. The lowest BCUT2D eigenvalue weighted by molar-refractivity contribution is -0.147. The highest BCUT2D eigenvalue weighted by atomic mass is 19.3. The molecule has 124 valence electrons. The van der Waals surface area contributed by atoms with Gasteiger partial charge in [0.15, 0.2) is 0 Å². The minimum absolute atomic E-state index is 0.154. The summed E-state index contributed by atoms with van der Waals surface area (Å²) in [7, 11) is 0. The van der Waals surface area contributed by atoms with Crippen LogP contribution in [0.4, 0.5) is 13.6 Å². The number of carbonyl (C=O) groups excluding carboxylic acids is 1. The maximum Gasteiger partial charge on any atom is 0.411 e. The Bertz CT molecular complexity index is 516. The second kappa shape index (κ2) is 4.55. The van der Waals surface area contributed by atoms with E-state index in [1.165, 1.54) is 0 Å². The van der Waals surface area contributed by atoms with E-state index >= 15 is 0 Å². The molecule has 5 atom stereocenters. The van der Waals surface area contributed by atoms with E-state index in [1.54, 1.807) is 20.8 Å². The number of carboxylic acids is 1. The molecule has 1 saturated heterocycles. The van der Waals surface area contributed by atoms with E-state index in [9.17, 15) is 23.5 Å². The first kappa shape index (κ1) is 15.5. The van der Waals surface area contributed by atoms with Crippen LogP contribution in [0.1, 0.15) is 33.6 Å². The Morgan fingerprint density at radius 1 is 1.32 bits per heavy atom. The van der Waals surface area contributed by atoms with Crippen LogP contribution in [0.5, 0.6) is 0 Å². The topological polar surface area (TPSA) is 66.8 Å². The number of nitrogens with zero attached hydrogens (tertiary/aromatic N) is 1. The van der Waals surface area contributed by atoms with Gasteiger partial charge in [0.05, 0.1) is 0 Å². The number of likely N-dealkylation sites (tertiary alicyclic amines) is 1. The zero-order valence-corrected chi connectivity index (χ0v) is 12.9. The van der Waals surface area contributed by atoms with Crippen LogP contribution in [0.3, 0.4) is 0 Å². The molecule has 2 aliphatic carbocycles. The first-order chi connectivity index (χ1) is 10.0. The molecule has 1 heterocycles. The summed E-state index contributed by atoms with van der Waals surface area (Å²) < 4.78 is 33.2. The van der Waals surface area contributed by atoms with Gasteiger partial charge in [0.1, 0.15) is 11.6 Å². The van der Waals surface area contributed by atoms with Crippen molar-refractivity contribution in [2.24, 2.45) is 23.7 Å². The monoisotopic (exact) mass is 317 g/mol. The van der Waals surface area contributed by atoms with Crippen molar-refractivity contribution in [1.29, 1.82) is 0 Å². The lowest BCUT2D eigenvalue weighted by Gasteiger charge is -2.33. The van der Waals surface area contributed by atoms with Gasteiger partial charge < -0.3 is 9.84 Å². The van der Waals surface area contributed by atoms with E-state index in [2.05, 4.69) is 0 Å². The van der Waals surface area contributed by atoms with E-state index in [0.717, 1.165) is 4.90 Å². The summed E-state index contributed by atoms with van der Waals surface area (Å²) in [5.74, 6) is -5.99. The fourth-order valence-corrected chi connectivity index (χ4v) is 4.54. The van der Waals surface area contributed by atoms with E-state index in [0.29, 0.717) is 6.42 Å². The van der Waals surface area contributed by atoms with Crippen LogP contribution in [0, 0.1) is 23.7 Å². The minimum atomic E-state index is -2.82. The van der Waals surface area contributed by atoms with Crippen molar-refractivity contribution in [1.82, 2.24) is 4.90 Å². The molecule has 5 nitrogen and oxygen atoms in total. The lowest BCUT2D eigenvalue weighted by atomic mass is 9.76. The Balaban J connectivity index is 1.86. The van der Waals surface area contributed by atoms with Crippen molar-refractivity contribution in [3.63, 3.8) is 0 Å². The van der Waals surface area contributed by atoms with Gasteiger partial charge in [0.2, 0.25) is 0 Å². The molecule has 0 aromatic carbocycles. The third kappa shape index (κ3) is 2.25. The van der Waals surface area contributed by atoms with Crippen LogP contribution in [0.15, 0.2) is 0 Å². The highest BCUT2D eigenvalue weighted by molar-refractivity contribution is 5.81. The van der Waals surface area contributed by atoms with E-state index in [1.807, 2.05) is 0 Å². The van der Waals surface area contributed by atoms with Crippen molar-refractivity contribution in [3.05, 3.63) is 0 Å². The first-order valence-corrected chi connectivity index (χ1v) is 7.61. The Kier molecular flexibility index (Phi) is 3.21. The molecule has 1 amide bonds. The van der Waals surface area contributed by atoms with E-state index < -0.39 is 41.5 Å². The van der Waals surface area contributed by atoms with Gasteiger partial charge in [0.25, 0.3) is 5.92 Å². The van der Waals surface area contributed by atoms with Crippen LogP contribution in [0.2, 0.25) is 0 Å². The number of alkyl halides is 2. The zero-order valence-electron chi connectivity index (χ0n) is 12.9. The molecule has 1 aliphatic heterocycles. The Labute approximate surface area is 127 Å². The first-order valence-electron chi connectivity index (χ1n) is 7.61. The number of rotatable bonds is 1. The summed E-state index contributed by atoms with van der Waals surface area (Å²) in [6.45, 7) is 5.27. The van der Waals surface area contributed by atoms with Gasteiger partial charge in [-0.1, -0.05) is 0 Å². The van der Waals surface area contributed by atoms with Crippen molar-refractivity contribution in [2.75, 3.05) is 6.54 Å². The fraction of sp³-hybridized carbons (Fsp3) is 0.867. The summed E-state index contributed by atoms with van der Waals surface area (Å²) in [5.41, 5.74) is -0.749. The fourth-order valence-electron chi connectivity index (χ4n) is 4.54. The van der Waals surface area contributed by atoms with Gasteiger partial charge in [-0.2, -0.15) is 0 Å². The molecule has 3 aliphatic rings. The summed E-state index contributed by atoms with van der Waals surface area (Å²) in [5, 5.41) is 9.48. The Hall–Kier alpha value is -1.40. The molecule has 22 heavy (non-hydrogen) atoms. The van der Waals surface area contributed by atoms with Gasteiger partial charge in [-0.15, -0.1) is 0 Å². The normalized spacial score (nSPS) is 39.0. The standard InChI is InChI=1S/C15H21F2NO4/c1-14(2,3)22-13(21)18-6-8-7-4-9(15(16,17)5-7)10(8)11(18)12(19)20/h7-11H,4-6H2,1-3H3,(H,19,20)/t7-,8+,9-,10+,11-/m0/s1. The molecule has 2 saturated carbocycles. The number of carbonyl (C=O) groups is 2. The van der Waals surface area contributed by atoms with Crippen molar-refractivity contribution < 1.29 is 28.2 Å². The smallest absolute Gasteiger partial charge is 0.411 e. The number of aliphatic carboxylic acids is 1. The van der Waals surface area contributed by atoms with E-state index in [4.69, 9.17) is 4.74 Å². The van der Waals surface area contributed by atoms with Crippen LogP contribution in [0.25, 0.3) is 0 Å². The number of halogens is 2. The predicted octanol–water partition coefficient (Wildman–Crippen LogP) is 2.60. The van der Waals surface area contributed by atoms with Gasteiger partial charge in [-0.25, -0.2) is 18.4 Å². The number of amides is 1. The van der Waals surface area contributed by atoms with Crippen LogP contribution in [-0.2, 0) is 9.53 Å². The number of hydrogen-bond donors (Lipinski definition) is 1. The quantitative estimate of drug-likeness (QED) is 0.807. The number of fused-ring (bicyclic) bond motifs is 5. The van der Waals surface area contributed by atoms with E-state index in [-0.39, 0.29) is 24.8 Å².